The predicted octanol–water partition coefficient (Wildman–Crippen LogP) is -2.93. The van der Waals surface area contributed by atoms with Crippen molar-refractivity contribution in [2.75, 3.05) is 52.6 Å². The Morgan fingerprint density at radius 1 is 0.857 bits per heavy atom. The van der Waals surface area contributed by atoms with Crippen molar-refractivity contribution in [2.45, 2.75) is 100 Å². The number of aliphatic hydroxyl groups excluding tert-OH is 1. The van der Waals surface area contributed by atoms with Gasteiger partial charge in [0.1, 0.15) is 42.9 Å². The van der Waals surface area contributed by atoms with E-state index < -0.39 is 109 Å². The summed E-state index contributed by atoms with van der Waals surface area (Å²) in [5.74, 6) is -7.14. The Bertz CT molecular complexity index is 1960. The van der Waals surface area contributed by atoms with Crippen LogP contribution in [0.1, 0.15) is 63.4 Å². The number of para-hydroxylation sites is 1. The molecule has 21 nitrogen and oxygen atoms in total. The minimum absolute atomic E-state index is 0.0270. The molecule has 0 saturated carbocycles. The standard InChI is InChI=1S/C41H61N11O10S/c1-51(2)16-8-6-13-27-39(60)49-29(18-24-20-44-26-11-4-3-10-25(24)26)37(58)43-15-7-5-12-28(47-35(56)22-53)40(61)50-30(41(62)52-17-9-14-32(52)36(42)57)19-33(54)48-31(23-63)38(59)45-21-34(55)46-27/h3-4,10-11,20,27-32,44,53,63H,5-9,12-19,21-23H2,1-2H3,(H2,42,57)(H,43,58)(H,45,59)(H,46,55)(H,47,56)(H,48,54)(H,49,60)(H,50,61)/t27-,28-,29-,30-,31-,32-/m0/s1. The van der Waals surface area contributed by atoms with Crippen molar-refractivity contribution in [3.63, 3.8) is 0 Å². The van der Waals surface area contributed by atoms with Crippen molar-refractivity contribution in [2.24, 2.45) is 5.73 Å². The lowest BCUT2D eigenvalue weighted by atomic mass is 10.0. The highest BCUT2D eigenvalue weighted by atomic mass is 32.1. The summed E-state index contributed by atoms with van der Waals surface area (Å²) < 4.78 is 0. The molecule has 9 amide bonds. The van der Waals surface area contributed by atoms with Gasteiger partial charge in [-0.2, -0.15) is 12.6 Å². The van der Waals surface area contributed by atoms with Gasteiger partial charge < -0.3 is 62.8 Å². The van der Waals surface area contributed by atoms with Gasteiger partial charge >= 0.3 is 0 Å². The van der Waals surface area contributed by atoms with Gasteiger partial charge in [0.05, 0.1) is 13.0 Å². The third kappa shape index (κ3) is 15.2. The number of likely N-dealkylation sites (tertiary alicyclic amines) is 1. The van der Waals surface area contributed by atoms with Crippen LogP contribution in [-0.2, 0) is 49.6 Å². The van der Waals surface area contributed by atoms with E-state index in [2.05, 4.69) is 54.8 Å². The van der Waals surface area contributed by atoms with Crippen LogP contribution in [0.4, 0.5) is 0 Å². The summed E-state index contributed by atoms with van der Waals surface area (Å²) in [4.78, 5) is 126. The Hall–Kier alpha value is -5.74. The second-order valence-corrected chi connectivity index (χ2v) is 16.4. The number of H-pyrrole nitrogens is 1. The van der Waals surface area contributed by atoms with E-state index >= 15 is 0 Å². The number of benzene rings is 1. The first-order chi connectivity index (χ1) is 30.1. The molecule has 22 heteroatoms. The van der Waals surface area contributed by atoms with Crippen LogP contribution in [0, 0.1) is 0 Å². The van der Waals surface area contributed by atoms with Crippen LogP contribution in [0.5, 0.6) is 0 Å². The van der Waals surface area contributed by atoms with E-state index in [0.717, 1.165) is 23.0 Å². The molecular formula is C41H61N11O10S. The number of unbranched alkanes of at least 4 members (excludes halogenated alkanes) is 1. The topological polar surface area (TPSA) is 306 Å². The number of aromatic nitrogens is 1. The number of primary amides is 1. The number of hydrogen-bond acceptors (Lipinski definition) is 12. The van der Waals surface area contributed by atoms with E-state index in [9.17, 15) is 48.3 Å². The van der Waals surface area contributed by atoms with E-state index in [4.69, 9.17) is 5.73 Å². The molecule has 1 aromatic heterocycles. The Labute approximate surface area is 370 Å². The first-order valence-electron chi connectivity index (χ1n) is 21.2. The molecule has 2 saturated heterocycles. The zero-order chi connectivity index (χ0) is 46.1. The highest BCUT2D eigenvalue weighted by Gasteiger charge is 2.39. The summed E-state index contributed by atoms with van der Waals surface area (Å²) in [7, 11) is 3.82. The number of thiol groups is 1. The molecule has 6 atom stereocenters. The van der Waals surface area contributed by atoms with Crippen LogP contribution in [0.15, 0.2) is 30.5 Å². The van der Waals surface area contributed by atoms with Crippen LogP contribution < -0.4 is 43.0 Å². The van der Waals surface area contributed by atoms with Crippen molar-refractivity contribution >= 4 is 76.7 Å². The van der Waals surface area contributed by atoms with Crippen molar-refractivity contribution in [3.8, 4) is 0 Å². The molecule has 1 aromatic carbocycles. The number of aromatic amines is 1. The van der Waals surface area contributed by atoms with Crippen LogP contribution >= 0.6 is 12.6 Å². The molecular weight excluding hydrogens is 839 g/mol. The molecule has 0 bridgehead atoms. The van der Waals surface area contributed by atoms with Gasteiger partial charge in [-0.1, -0.05) is 18.2 Å². The second kappa shape index (κ2) is 24.8. The van der Waals surface area contributed by atoms with Gasteiger partial charge in [0, 0.05) is 42.4 Å². The van der Waals surface area contributed by atoms with Crippen LogP contribution in [0.3, 0.4) is 0 Å². The van der Waals surface area contributed by atoms with Crippen molar-refractivity contribution in [1.29, 1.82) is 0 Å². The second-order valence-electron chi connectivity index (χ2n) is 16.0. The SMILES string of the molecule is CN(C)CCCC[C@@H]1NC(=O)CNC(=O)[C@H](CS)NC(=O)C[C@@H](C(=O)N2CCC[C@H]2C(N)=O)NC(=O)[C@@H](NC(=O)CO)CCCCNC(=O)[C@H](Cc2c[nH]c3ccccc23)NC1=O. The van der Waals surface area contributed by atoms with Crippen LogP contribution in [0.25, 0.3) is 10.9 Å². The minimum atomic E-state index is -1.59. The molecule has 2 aliphatic rings. The van der Waals surface area contributed by atoms with E-state index in [-0.39, 0.29) is 57.4 Å². The lowest BCUT2D eigenvalue weighted by Crippen LogP contribution is -2.58. The van der Waals surface area contributed by atoms with Gasteiger partial charge in [-0.15, -0.1) is 0 Å². The van der Waals surface area contributed by atoms with Crippen molar-refractivity contribution < 1.29 is 48.3 Å². The summed E-state index contributed by atoms with van der Waals surface area (Å²) in [6.45, 7) is -0.626. The zero-order valence-corrected chi connectivity index (χ0v) is 36.6. The van der Waals surface area contributed by atoms with Gasteiger partial charge in [0.25, 0.3) is 0 Å². The van der Waals surface area contributed by atoms with Crippen LogP contribution in [-0.4, -0.2) is 162 Å². The summed E-state index contributed by atoms with van der Waals surface area (Å²) in [5.41, 5.74) is 7.13. The van der Waals surface area contributed by atoms with E-state index in [0.29, 0.717) is 19.3 Å². The van der Waals surface area contributed by atoms with E-state index in [1.54, 1.807) is 6.20 Å². The molecule has 0 unspecified atom stereocenters. The molecule has 0 spiro atoms. The maximum absolute atomic E-state index is 14.0. The van der Waals surface area contributed by atoms with Gasteiger partial charge in [0.2, 0.25) is 53.2 Å². The highest BCUT2D eigenvalue weighted by molar-refractivity contribution is 7.80. The van der Waals surface area contributed by atoms with Gasteiger partial charge in [0.15, 0.2) is 0 Å². The number of aliphatic hydroxyl groups is 1. The lowest BCUT2D eigenvalue weighted by molar-refractivity contribution is -0.142. The predicted molar refractivity (Wildman–Crippen MR) is 233 cm³/mol. The Kier molecular flexibility index (Phi) is 19.6. The molecule has 11 N–H and O–H groups in total. The number of nitrogens with one attached hydrogen (secondary N) is 8. The molecule has 2 fully saturated rings. The molecule has 346 valence electrons. The number of hydrogen-bond donors (Lipinski definition) is 11. The first-order valence-corrected chi connectivity index (χ1v) is 21.8. The third-order valence-corrected chi connectivity index (χ3v) is 11.2. The maximum Gasteiger partial charge on any atom is 0.246 e. The number of amides is 9. The quantitative estimate of drug-likeness (QED) is 0.0758. The average molecular weight is 900 g/mol. The summed E-state index contributed by atoms with van der Waals surface area (Å²) in [6, 6.07) is 0.0694. The maximum atomic E-state index is 14.0. The fraction of sp³-hybridized carbons (Fsp3) is 0.585. The molecule has 0 radical (unpaired) electrons. The fourth-order valence-corrected chi connectivity index (χ4v) is 7.79. The zero-order valence-electron chi connectivity index (χ0n) is 35.7. The molecule has 0 aliphatic carbocycles. The highest BCUT2D eigenvalue weighted by Crippen LogP contribution is 2.21. The largest absolute Gasteiger partial charge is 0.387 e. The van der Waals surface area contributed by atoms with Crippen LogP contribution in [0.2, 0.25) is 0 Å². The number of nitrogens with two attached hydrogens (primary N) is 1. The fourth-order valence-electron chi connectivity index (χ4n) is 7.53. The summed E-state index contributed by atoms with van der Waals surface area (Å²) in [6.07, 6.45) is 3.78. The van der Waals surface area contributed by atoms with Crippen molar-refractivity contribution in [1.82, 2.24) is 52.0 Å². The monoisotopic (exact) mass is 899 g/mol. The summed E-state index contributed by atoms with van der Waals surface area (Å²) in [5, 5.41) is 28.5. The first kappa shape index (κ1) is 49.9. The molecule has 3 heterocycles. The lowest BCUT2D eigenvalue weighted by Gasteiger charge is -2.29. The third-order valence-electron chi connectivity index (χ3n) is 10.9. The smallest absolute Gasteiger partial charge is 0.246 e. The number of rotatable bonds is 12. The number of carbonyl (C=O) groups is 9. The van der Waals surface area contributed by atoms with Gasteiger partial charge in [-0.25, -0.2) is 0 Å². The van der Waals surface area contributed by atoms with Gasteiger partial charge in [-0.05, 0) is 83.6 Å². The van der Waals surface area contributed by atoms with Gasteiger partial charge in [-0.3, -0.25) is 43.2 Å². The molecule has 4 rings (SSSR count). The Morgan fingerprint density at radius 2 is 1.59 bits per heavy atom. The van der Waals surface area contributed by atoms with E-state index in [1.807, 2.05) is 43.3 Å². The number of carbonyl (C=O) groups excluding carboxylic acids is 9. The number of fused-ring (bicyclic) bond motifs is 1. The van der Waals surface area contributed by atoms with E-state index in [1.165, 1.54) is 4.90 Å². The Balaban J connectivity index is 1.63. The molecule has 2 aromatic rings. The average Bonchev–Trinajstić information content (AvgIpc) is 3.92. The molecule has 63 heavy (non-hydrogen) atoms. The normalized spacial score (nSPS) is 24.1. The Morgan fingerprint density at radius 3 is 2.30 bits per heavy atom. The van der Waals surface area contributed by atoms with Crippen molar-refractivity contribution in [3.05, 3.63) is 36.0 Å². The number of nitrogens with zero attached hydrogens (tertiary/aromatic N) is 2. The minimum Gasteiger partial charge on any atom is -0.387 e. The molecule has 2 aliphatic heterocycles. The summed E-state index contributed by atoms with van der Waals surface area (Å²) >= 11 is 4.19.